The van der Waals surface area contributed by atoms with Gasteiger partial charge in [-0.3, -0.25) is 14.2 Å². The van der Waals surface area contributed by atoms with Gasteiger partial charge in [0, 0.05) is 40.1 Å². The molecule has 2 aromatic carbocycles. The first-order chi connectivity index (χ1) is 15.0. The van der Waals surface area contributed by atoms with Gasteiger partial charge in [-0.15, -0.1) is 11.8 Å². The highest BCUT2D eigenvalue weighted by Gasteiger charge is 2.34. The second kappa shape index (κ2) is 9.28. The van der Waals surface area contributed by atoms with Gasteiger partial charge in [0.1, 0.15) is 6.04 Å². The molecule has 0 radical (unpaired) electrons. The van der Waals surface area contributed by atoms with Crippen molar-refractivity contribution in [1.29, 1.82) is 0 Å². The topological polar surface area (TPSA) is 83.4 Å². The van der Waals surface area contributed by atoms with Gasteiger partial charge in [0.25, 0.3) is 5.56 Å². The molecule has 3 aromatic rings. The van der Waals surface area contributed by atoms with Gasteiger partial charge in [0.15, 0.2) is 0 Å². The summed E-state index contributed by atoms with van der Waals surface area (Å²) >= 11 is 7.39. The zero-order valence-electron chi connectivity index (χ0n) is 16.3. The van der Waals surface area contributed by atoms with Gasteiger partial charge in [-0.05, 0) is 54.6 Å². The number of pyridine rings is 1. The Bertz CT molecular complexity index is 1150. The summed E-state index contributed by atoms with van der Waals surface area (Å²) in [6, 6.07) is 17.8. The van der Waals surface area contributed by atoms with E-state index in [1.165, 1.54) is 27.3 Å². The molecule has 1 aromatic heterocycles. The van der Waals surface area contributed by atoms with Crippen molar-refractivity contribution < 1.29 is 9.59 Å². The van der Waals surface area contributed by atoms with Gasteiger partial charge in [0.2, 0.25) is 5.91 Å². The molecule has 0 saturated carbocycles. The number of thioether (sulfide) groups is 1. The minimum atomic E-state index is -0.589. The van der Waals surface area contributed by atoms with Crippen molar-refractivity contribution in [3.63, 3.8) is 0 Å². The van der Waals surface area contributed by atoms with Crippen molar-refractivity contribution in [2.75, 3.05) is 22.3 Å². The number of carbonyl (C=O) groups is 2. The fourth-order valence-corrected chi connectivity index (χ4v) is 4.44. The van der Waals surface area contributed by atoms with Crippen LogP contribution >= 0.6 is 23.4 Å². The Hall–Kier alpha value is -3.23. The number of carbonyl (C=O) groups excluding carboxylic acids is 2. The molecular weight excluding hydrogens is 436 g/mol. The minimum absolute atomic E-state index is 0.135. The van der Waals surface area contributed by atoms with Crippen molar-refractivity contribution in [2.24, 2.45) is 0 Å². The Kier molecular flexibility index (Phi) is 6.29. The normalized spacial score (nSPS) is 15.5. The summed E-state index contributed by atoms with van der Waals surface area (Å²) in [4.78, 5) is 38.9. The van der Waals surface area contributed by atoms with Crippen LogP contribution in [-0.2, 0) is 4.79 Å². The van der Waals surface area contributed by atoms with Gasteiger partial charge in [0.05, 0.1) is 5.88 Å². The maximum Gasteiger partial charge on any atom is 0.323 e. The molecule has 158 valence electrons. The highest BCUT2D eigenvalue weighted by Crippen LogP contribution is 2.24. The monoisotopic (exact) mass is 454 g/mol. The Balaban J connectivity index is 1.41. The fourth-order valence-electron chi connectivity index (χ4n) is 3.16. The Morgan fingerprint density at radius 3 is 2.32 bits per heavy atom. The number of anilines is 2. The lowest BCUT2D eigenvalue weighted by Gasteiger charge is -2.23. The number of nitrogens with zero attached hydrogens (tertiary/aromatic N) is 2. The number of hydrogen-bond donors (Lipinski definition) is 2. The predicted octanol–water partition coefficient (Wildman–Crippen LogP) is 4.04. The first kappa shape index (κ1) is 21.0. The quantitative estimate of drug-likeness (QED) is 0.623. The van der Waals surface area contributed by atoms with Crippen LogP contribution in [-0.4, -0.2) is 39.1 Å². The van der Waals surface area contributed by atoms with Crippen LogP contribution in [0.2, 0.25) is 5.02 Å². The van der Waals surface area contributed by atoms with Gasteiger partial charge < -0.3 is 15.5 Å². The number of nitrogens with one attached hydrogen (secondary N) is 2. The first-order valence-corrected chi connectivity index (χ1v) is 11.0. The van der Waals surface area contributed by atoms with E-state index in [0.29, 0.717) is 33.7 Å². The maximum absolute atomic E-state index is 12.8. The Morgan fingerprint density at radius 1 is 0.935 bits per heavy atom. The molecule has 4 rings (SSSR count). The molecule has 2 N–H and O–H groups in total. The van der Waals surface area contributed by atoms with Gasteiger partial charge in [-0.1, -0.05) is 17.7 Å². The second-order valence-electron chi connectivity index (χ2n) is 6.87. The lowest BCUT2D eigenvalue weighted by molar-refractivity contribution is -0.119. The van der Waals surface area contributed by atoms with E-state index in [1.807, 2.05) is 0 Å². The molecule has 1 saturated heterocycles. The molecule has 0 spiro atoms. The molecule has 1 unspecified atom stereocenters. The van der Waals surface area contributed by atoms with Crippen molar-refractivity contribution >= 4 is 46.7 Å². The van der Waals surface area contributed by atoms with Gasteiger partial charge in [-0.2, -0.15) is 0 Å². The third-order valence-corrected chi connectivity index (χ3v) is 6.04. The van der Waals surface area contributed by atoms with Crippen molar-refractivity contribution in [3.05, 3.63) is 88.3 Å². The van der Waals surface area contributed by atoms with Crippen LogP contribution in [0.15, 0.2) is 77.7 Å². The molecule has 0 aliphatic carbocycles. The smallest absolute Gasteiger partial charge is 0.323 e. The molecule has 1 fully saturated rings. The lowest BCUT2D eigenvalue weighted by atomic mass is 10.2. The molecule has 1 aliphatic heterocycles. The molecule has 2 heterocycles. The average molecular weight is 455 g/mol. The number of benzene rings is 2. The van der Waals surface area contributed by atoms with Crippen LogP contribution in [0.25, 0.3) is 5.69 Å². The van der Waals surface area contributed by atoms with Crippen molar-refractivity contribution in [2.45, 2.75) is 6.04 Å². The minimum Gasteiger partial charge on any atom is -0.324 e. The number of halogens is 1. The molecule has 0 bridgehead atoms. The summed E-state index contributed by atoms with van der Waals surface area (Å²) in [6.07, 6.45) is 1.68. The van der Waals surface area contributed by atoms with E-state index in [4.69, 9.17) is 11.6 Å². The summed E-state index contributed by atoms with van der Waals surface area (Å²) in [5, 5.41) is 6.23. The van der Waals surface area contributed by atoms with Crippen LogP contribution < -0.4 is 16.2 Å². The lowest BCUT2D eigenvalue weighted by Crippen LogP contribution is -2.46. The molecule has 1 aliphatic rings. The van der Waals surface area contributed by atoms with E-state index in [1.54, 1.807) is 66.9 Å². The maximum atomic E-state index is 12.8. The number of hydrogen-bond acceptors (Lipinski definition) is 4. The third-order valence-electron chi connectivity index (χ3n) is 4.78. The van der Waals surface area contributed by atoms with E-state index in [2.05, 4.69) is 10.6 Å². The summed E-state index contributed by atoms with van der Waals surface area (Å²) < 4.78 is 1.52. The SMILES string of the molecule is O=C(Nc1ccc(-n2ccccc2=O)cc1)C1CSCN1C(=O)Nc1ccc(Cl)cc1. The third kappa shape index (κ3) is 4.92. The van der Waals surface area contributed by atoms with Crippen LogP contribution in [0, 0.1) is 0 Å². The molecule has 3 amide bonds. The second-order valence-corrected chi connectivity index (χ2v) is 8.30. The van der Waals surface area contributed by atoms with Crippen LogP contribution in [0.4, 0.5) is 16.2 Å². The van der Waals surface area contributed by atoms with Gasteiger partial charge >= 0.3 is 6.03 Å². The van der Waals surface area contributed by atoms with E-state index in [-0.39, 0.29) is 17.5 Å². The zero-order chi connectivity index (χ0) is 21.8. The highest BCUT2D eigenvalue weighted by molar-refractivity contribution is 7.99. The van der Waals surface area contributed by atoms with Gasteiger partial charge in [-0.25, -0.2) is 4.79 Å². The summed E-state index contributed by atoms with van der Waals surface area (Å²) in [5.41, 5.74) is 1.76. The first-order valence-electron chi connectivity index (χ1n) is 9.51. The predicted molar refractivity (Wildman–Crippen MR) is 124 cm³/mol. The number of amides is 3. The molecular formula is C22H19ClN4O3S. The number of aromatic nitrogens is 1. The standard InChI is InChI=1S/C22H19ClN4O3S/c23-15-4-6-17(7-5-15)25-22(30)27-14-31-13-19(27)21(29)24-16-8-10-18(11-9-16)26-12-2-1-3-20(26)28/h1-12,19H,13-14H2,(H,24,29)(H,25,30). The van der Waals surface area contributed by atoms with E-state index in [0.717, 1.165) is 0 Å². The summed E-state index contributed by atoms with van der Waals surface area (Å²) in [7, 11) is 0. The summed E-state index contributed by atoms with van der Waals surface area (Å²) in [6.45, 7) is 0. The molecule has 1 atom stereocenters. The molecule has 31 heavy (non-hydrogen) atoms. The van der Waals surface area contributed by atoms with E-state index >= 15 is 0 Å². The zero-order valence-corrected chi connectivity index (χ0v) is 17.9. The van der Waals surface area contributed by atoms with Crippen molar-refractivity contribution in [1.82, 2.24) is 9.47 Å². The number of urea groups is 1. The van der Waals surface area contributed by atoms with Crippen LogP contribution in [0.1, 0.15) is 0 Å². The van der Waals surface area contributed by atoms with E-state index < -0.39 is 6.04 Å². The molecule has 7 nitrogen and oxygen atoms in total. The van der Waals surface area contributed by atoms with Crippen LogP contribution in [0.5, 0.6) is 0 Å². The number of rotatable bonds is 4. The van der Waals surface area contributed by atoms with Crippen LogP contribution in [0.3, 0.4) is 0 Å². The Morgan fingerprint density at radius 2 is 1.61 bits per heavy atom. The molecule has 9 heteroatoms. The summed E-state index contributed by atoms with van der Waals surface area (Å²) in [5.74, 6) is 0.672. The average Bonchev–Trinajstić information content (AvgIpc) is 3.27. The highest BCUT2D eigenvalue weighted by atomic mass is 35.5. The largest absolute Gasteiger partial charge is 0.324 e. The fraction of sp³-hybridized carbons (Fsp3) is 0.136. The van der Waals surface area contributed by atoms with Crippen molar-refractivity contribution in [3.8, 4) is 5.69 Å². The Labute approximate surface area is 188 Å². The van der Waals surface area contributed by atoms with E-state index in [9.17, 15) is 14.4 Å².